The summed E-state index contributed by atoms with van der Waals surface area (Å²) in [5, 5.41) is 3.13. The lowest BCUT2D eigenvalue weighted by Crippen LogP contribution is -2.38. The average Bonchev–Trinajstić information content (AvgIpc) is 2.64. The largest absolute Gasteiger partial charge is 0.343 e. The van der Waals surface area contributed by atoms with E-state index < -0.39 is 0 Å². The van der Waals surface area contributed by atoms with Crippen LogP contribution in [0.2, 0.25) is 0 Å². The second kappa shape index (κ2) is 7.86. The monoisotopic (exact) mass is 325 g/mol. The maximum absolute atomic E-state index is 11.7. The fraction of sp³-hybridized carbons (Fsp3) is 0.444. The molecular formula is C18H23N5O. The topological polar surface area (TPSA) is 71.0 Å². The first-order chi connectivity index (χ1) is 11.7. The Balaban J connectivity index is 1.51. The van der Waals surface area contributed by atoms with Crippen LogP contribution in [0.5, 0.6) is 0 Å². The third-order valence-corrected chi connectivity index (χ3v) is 4.39. The van der Waals surface area contributed by atoms with Crippen molar-refractivity contribution in [1.29, 1.82) is 0 Å². The van der Waals surface area contributed by atoms with Gasteiger partial charge in [0.15, 0.2) is 0 Å². The number of aromatic nitrogens is 3. The van der Waals surface area contributed by atoms with E-state index in [4.69, 9.17) is 0 Å². The number of hydrogen-bond donors (Lipinski definition) is 1. The molecule has 1 N–H and O–H groups in total. The molecule has 2 aromatic rings. The zero-order valence-electron chi connectivity index (χ0n) is 14.0. The number of amides is 1. The lowest BCUT2D eigenvalue weighted by Gasteiger charge is -2.31. The molecule has 24 heavy (non-hydrogen) atoms. The van der Waals surface area contributed by atoms with Crippen molar-refractivity contribution in [3.05, 3.63) is 42.5 Å². The Labute approximate surface area is 142 Å². The van der Waals surface area contributed by atoms with Crippen molar-refractivity contribution in [1.82, 2.24) is 19.9 Å². The number of nitrogens with zero attached hydrogens (tertiary/aromatic N) is 4. The van der Waals surface area contributed by atoms with E-state index in [1.54, 1.807) is 12.4 Å². The van der Waals surface area contributed by atoms with Crippen molar-refractivity contribution >= 4 is 17.5 Å². The minimum Gasteiger partial charge on any atom is -0.343 e. The smallest absolute Gasteiger partial charge is 0.222 e. The normalized spacial score (nSPS) is 15.3. The van der Waals surface area contributed by atoms with Gasteiger partial charge in [-0.25, -0.2) is 9.97 Å². The Morgan fingerprint density at radius 3 is 2.62 bits per heavy atom. The third-order valence-electron chi connectivity index (χ3n) is 4.39. The molecule has 6 nitrogen and oxygen atoms in total. The van der Waals surface area contributed by atoms with E-state index in [-0.39, 0.29) is 5.91 Å². The first kappa shape index (κ1) is 16.4. The van der Waals surface area contributed by atoms with Gasteiger partial charge in [0.2, 0.25) is 5.91 Å². The summed E-state index contributed by atoms with van der Waals surface area (Å²) in [6, 6.07) is 5.69. The van der Waals surface area contributed by atoms with Gasteiger partial charge in [-0.1, -0.05) is 13.0 Å². The molecule has 3 rings (SSSR count). The fourth-order valence-electron chi connectivity index (χ4n) is 3.00. The molecule has 126 valence electrons. The van der Waals surface area contributed by atoms with Gasteiger partial charge in [-0.2, -0.15) is 0 Å². The number of nitrogens with one attached hydrogen (secondary N) is 1. The van der Waals surface area contributed by atoms with Crippen LogP contribution in [-0.2, 0) is 11.2 Å². The van der Waals surface area contributed by atoms with Crippen LogP contribution in [0.4, 0.5) is 11.6 Å². The van der Waals surface area contributed by atoms with Crippen LogP contribution >= 0.6 is 0 Å². The number of piperidine rings is 1. The third kappa shape index (κ3) is 4.28. The summed E-state index contributed by atoms with van der Waals surface area (Å²) in [5.74, 6) is 2.29. The molecule has 0 aliphatic carbocycles. The predicted octanol–water partition coefficient (Wildman–Crippen LogP) is 2.81. The van der Waals surface area contributed by atoms with Crippen LogP contribution < -0.4 is 5.32 Å². The molecule has 6 heteroatoms. The summed E-state index contributed by atoms with van der Waals surface area (Å²) in [6.07, 6.45) is 8.92. The molecule has 0 atom stereocenters. The van der Waals surface area contributed by atoms with Gasteiger partial charge in [-0.05, 0) is 37.3 Å². The maximum Gasteiger partial charge on any atom is 0.222 e. The highest BCUT2D eigenvalue weighted by molar-refractivity contribution is 5.75. The standard InChI is InChI=1S/C18H23N5O/c1-2-18(24)23-9-6-14(7-10-23)11-15-12-21-17(13-20-15)22-16-5-3-4-8-19-16/h3-5,8,12-14H,2,6-7,9-11H2,1H3,(H,19,21,22). The van der Waals surface area contributed by atoms with Crippen molar-refractivity contribution in [2.45, 2.75) is 32.6 Å². The van der Waals surface area contributed by atoms with Gasteiger partial charge >= 0.3 is 0 Å². The quantitative estimate of drug-likeness (QED) is 0.915. The van der Waals surface area contributed by atoms with Crippen molar-refractivity contribution in [2.24, 2.45) is 5.92 Å². The second-order valence-electron chi connectivity index (χ2n) is 6.11. The highest BCUT2D eigenvalue weighted by atomic mass is 16.2. The van der Waals surface area contributed by atoms with Crippen molar-refractivity contribution in [2.75, 3.05) is 18.4 Å². The summed E-state index contributed by atoms with van der Waals surface area (Å²) in [7, 11) is 0. The zero-order valence-corrected chi connectivity index (χ0v) is 14.0. The van der Waals surface area contributed by atoms with E-state index in [1.165, 1.54) is 0 Å². The molecule has 0 spiro atoms. The molecule has 0 saturated carbocycles. The number of pyridine rings is 1. The molecule has 1 amide bonds. The minimum absolute atomic E-state index is 0.262. The van der Waals surface area contributed by atoms with Gasteiger partial charge in [0.25, 0.3) is 0 Å². The summed E-state index contributed by atoms with van der Waals surface area (Å²) < 4.78 is 0. The van der Waals surface area contributed by atoms with E-state index >= 15 is 0 Å². The summed E-state index contributed by atoms with van der Waals surface area (Å²) >= 11 is 0. The molecule has 1 aliphatic rings. The number of carbonyl (C=O) groups excluding carboxylic acids is 1. The van der Waals surface area contributed by atoms with Crippen LogP contribution in [0.25, 0.3) is 0 Å². The van der Waals surface area contributed by atoms with Gasteiger partial charge < -0.3 is 10.2 Å². The Hall–Kier alpha value is -2.50. The Morgan fingerprint density at radius 1 is 1.17 bits per heavy atom. The Kier molecular flexibility index (Phi) is 5.36. The molecule has 0 radical (unpaired) electrons. The van der Waals surface area contributed by atoms with E-state index in [0.29, 0.717) is 18.2 Å². The highest BCUT2D eigenvalue weighted by Crippen LogP contribution is 2.21. The molecule has 2 aromatic heterocycles. The number of rotatable bonds is 5. The predicted molar refractivity (Wildman–Crippen MR) is 92.9 cm³/mol. The lowest BCUT2D eigenvalue weighted by molar-refractivity contribution is -0.132. The zero-order chi connectivity index (χ0) is 16.8. The first-order valence-electron chi connectivity index (χ1n) is 8.51. The van der Waals surface area contributed by atoms with Crippen LogP contribution in [-0.4, -0.2) is 38.8 Å². The van der Waals surface area contributed by atoms with Crippen molar-refractivity contribution in [3.8, 4) is 0 Å². The fourth-order valence-corrected chi connectivity index (χ4v) is 3.00. The van der Waals surface area contributed by atoms with Gasteiger partial charge in [0, 0.05) is 25.7 Å². The molecule has 3 heterocycles. The van der Waals surface area contributed by atoms with E-state index in [0.717, 1.165) is 43.9 Å². The molecule has 0 aromatic carbocycles. The van der Waals surface area contributed by atoms with Crippen molar-refractivity contribution < 1.29 is 4.79 Å². The van der Waals surface area contributed by atoms with Crippen LogP contribution in [0.3, 0.4) is 0 Å². The second-order valence-corrected chi connectivity index (χ2v) is 6.11. The molecular weight excluding hydrogens is 302 g/mol. The van der Waals surface area contributed by atoms with Crippen molar-refractivity contribution in [3.63, 3.8) is 0 Å². The summed E-state index contributed by atoms with van der Waals surface area (Å²) in [4.78, 5) is 26.8. The van der Waals surface area contributed by atoms with Crippen LogP contribution in [0.1, 0.15) is 31.9 Å². The first-order valence-corrected chi connectivity index (χ1v) is 8.51. The average molecular weight is 325 g/mol. The van der Waals surface area contributed by atoms with Gasteiger partial charge in [0.05, 0.1) is 18.1 Å². The summed E-state index contributed by atoms with van der Waals surface area (Å²) in [6.45, 7) is 3.65. The van der Waals surface area contributed by atoms with Crippen LogP contribution in [0.15, 0.2) is 36.8 Å². The lowest BCUT2D eigenvalue weighted by atomic mass is 9.92. The van der Waals surface area contributed by atoms with Gasteiger partial charge in [0.1, 0.15) is 11.6 Å². The van der Waals surface area contributed by atoms with Crippen LogP contribution in [0, 0.1) is 5.92 Å². The van der Waals surface area contributed by atoms with E-state index in [2.05, 4.69) is 20.3 Å². The molecule has 1 fully saturated rings. The SMILES string of the molecule is CCC(=O)N1CCC(Cc2cnc(Nc3ccccn3)cn2)CC1. The molecule has 1 aliphatic heterocycles. The van der Waals surface area contributed by atoms with E-state index in [1.807, 2.05) is 36.2 Å². The Bertz CT molecular complexity index is 651. The molecule has 0 unspecified atom stereocenters. The van der Waals surface area contributed by atoms with Gasteiger partial charge in [-0.15, -0.1) is 0 Å². The Morgan fingerprint density at radius 2 is 2.00 bits per heavy atom. The molecule has 0 bridgehead atoms. The number of likely N-dealkylation sites (tertiary alicyclic amines) is 1. The maximum atomic E-state index is 11.7. The highest BCUT2D eigenvalue weighted by Gasteiger charge is 2.22. The minimum atomic E-state index is 0.262. The number of hydrogen-bond acceptors (Lipinski definition) is 5. The summed E-state index contributed by atoms with van der Waals surface area (Å²) in [5.41, 5.74) is 1.00. The van der Waals surface area contributed by atoms with Gasteiger partial charge in [-0.3, -0.25) is 9.78 Å². The molecule has 1 saturated heterocycles. The number of anilines is 2. The number of carbonyl (C=O) groups is 1. The van der Waals surface area contributed by atoms with E-state index in [9.17, 15) is 4.79 Å².